The molecule has 1 aliphatic heterocycles. The first kappa shape index (κ1) is 22.6. The third-order valence-electron chi connectivity index (χ3n) is 4.15. The van der Waals surface area contributed by atoms with Gasteiger partial charge in [-0.05, 0) is 31.0 Å². The Morgan fingerprint density at radius 3 is 2.58 bits per heavy atom. The van der Waals surface area contributed by atoms with Crippen molar-refractivity contribution in [3.63, 3.8) is 0 Å². The van der Waals surface area contributed by atoms with Crippen LogP contribution in [0.15, 0.2) is 35.8 Å². The summed E-state index contributed by atoms with van der Waals surface area (Å²) in [6, 6.07) is 6.43. The number of halogens is 1. The van der Waals surface area contributed by atoms with Crippen molar-refractivity contribution in [1.82, 2.24) is 15.5 Å². The minimum Gasteiger partial charge on any atom is -0.497 e. The van der Waals surface area contributed by atoms with Crippen molar-refractivity contribution in [2.45, 2.75) is 25.9 Å². The van der Waals surface area contributed by atoms with Crippen LogP contribution in [0.3, 0.4) is 0 Å². The SMILES string of the molecule is C=CCN=C(NCC)NC1CCN(Cc2cc(OC)cc(OC)c2)C1.I. The maximum atomic E-state index is 5.36. The van der Waals surface area contributed by atoms with E-state index in [9.17, 15) is 0 Å². The minimum atomic E-state index is 0. The smallest absolute Gasteiger partial charge is 0.191 e. The Labute approximate surface area is 174 Å². The van der Waals surface area contributed by atoms with Gasteiger partial charge in [-0.1, -0.05) is 6.08 Å². The van der Waals surface area contributed by atoms with Gasteiger partial charge in [0.25, 0.3) is 0 Å². The highest BCUT2D eigenvalue weighted by molar-refractivity contribution is 14.0. The lowest BCUT2D eigenvalue weighted by molar-refractivity contribution is 0.321. The van der Waals surface area contributed by atoms with Gasteiger partial charge >= 0.3 is 0 Å². The average molecular weight is 474 g/mol. The van der Waals surface area contributed by atoms with Gasteiger partial charge in [-0.25, -0.2) is 4.99 Å². The number of hydrogen-bond donors (Lipinski definition) is 2. The third-order valence-corrected chi connectivity index (χ3v) is 4.15. The molecule has 0 bridgehead atoms. The molecule has 1 fully saturated rings. The molecule has 1 aromatic rings. The zero-order chi connectivity index (χ0) is 18.1. The average Bonchev–Trinajstić information content (AvgIpc) is 3.06. The molecule has 1 atom stereocenters. The summed E-state index contributed by atoms with van der Waals surface area (Å²) in [4.78, 5) is 6.91. The van der Waals surface area contributed by atoms with E-state index in [0.29, 0.717) is 12.6 Å². The van der Waals surface area contributed by atoms with Gasteiger partial charge in [0.15, 0.2) is 5.96 Å². The van der Waals surface area contributed by atoms with E-state index in [4.69, 9.17) is 9.47 Å². The van der Waals surface area contributed by atoms with Gasteiger partial charge in [-0.15, -0.1) is 30.6 Å². The summed E-state index contributed by atoms with van der Waals surface area (Å²) in [7, 11) is 3.36. The Hall–Kier alpha value is -1.48. The number of aliphatic imine (C=N–C) groups is 1. The predicted molar refractivity (Wildman–Crippen MR) is 118 cm³/mol. The van der Waals surface area contributed by atoms with E-state index in [1.54, 1.807) is 20.3 Å². The lowest BCUT2D eigenvalue weighted by Crippen LogP contribution is -2.44. The summed E-state index contributed by atoms with van der Waals surface area (Å²) < 4.78 is 10.7. The van der Waals surface area contributed by atoms with Crippen molar-refractivity contribution < 1.29 is 9.47 Å². The molecular weight excluding hydrogens is 443 g/mol. The van der Waals surface area contributed by atoms with Crippen molar-refractivity contribution in [2.75, 3.05) is 40.4 Å². The van der Waals surface area contributed by atoms with Crippen molar-refractivity contribution in [1.29, 1.82) is 0 Å². The summed E-state index contributed by atoms with van der Waals surface area (Å²) in [6.45, 7) is 10.2. The summed E-state index contributed by atoms with van der Waals surface area (Å²) in [6.07, 6.45) is 2.90. The predicted octanol–water partition coefficient (Wildman–Crippen LogP) is 2.64. The van der Waals surface area contributed by atoms with E-state index >= 15 is 0 Å². The van der Waals surface area contributed by atoms with E-state index in [0.717, 1.165) is 50.1 Å². The molecule has 0 aliphatic carbocycles. The molecule has 0 amide bonds. The second-order valence-electron chi connectivity index (χ2n) is 6.09. The fraction of sp³-hybridized carbons (Fsp3) is 0.526. The van der Waals surface area contributed by atoms with E-state index in [1.165, 1.54) is 5.56 Å². The molecule has 2 rings (SSSR count). The standard InChI is InChI=1S/C19H30N4O2.HI/c1-5-8-21-19(20-6-2)22-16-7-9-23(14-16)13-15-10-17(24-3)12-18(11-15)25-4;/h5,10-12,16H,1,6-9,13-14H2,2-4H3,(H2,20,21,22);1H. The highest BCUT2D eigenvalue weighted by atomic mass is 127. The second-order valence-corrected chi connectivity index (χ2v) is 6.09. The molecule has 26 heavy (non-hydrogen) atoms. The fourth-order valence-corrected chi connectivity index (χ4v) is 2.98. The van der Waals surface area contributed by atoms with Crippen LogP contribution in [0, 0.1) is 0 Å². The summed E-state index contributed by atoms with van der Waals surface area (Å²) in [5.41, 5.74) is 1.20. The van der Waals surface area contributed by atoms with Crippen LogP contribution in [0.1, 0.15) is 18.9 Å². The van der Waals surface area contributed by atoms with Gasteiger partial charge in [-0.2, -0.15) is 0 Å². The summed E-state index contributed by atoms with van der Waals surface area (Å²) in [5, 5.41) is 6.79. The molecule has 6 nitrogen and oxygen atoms in total. The van der Waals surface area contributed by atoms with Gasteiger partial charge in [0.1, 0.15) is 11.5 Å². The molecule has 7 heteroatoms. The molecule has 146 valence electrons. The molecule has 1 aromatic carbocycles. The first-order chi connectivity index (χ1) is 12.2. The first-order valence-corrected chi connectivity index (χ1v) is 8.78. The van der Waals surface area contributed by atoms with Crippen molar-refractivity contribution in [3.8, 4) is 11.5 Å². The maximum Gasteiger partial charge on any atom is 0.191 e. The molecular formula is C19H31IN4O2. The Morgan fingerprint density at radius 2 is 2.00 bits per heavy atom. The topological polar surface area (TPSA) is 58.1 Å². The number of hydrogen-bond acceptors (Lipinski definition) is 4. The van der Waals surface area contributed by atoms with Crippen molar-refractivity contribution in [3.05, 3.63) is 36.4 Å². The fourth-order valence-electron chi connectivity index (χ4n) is 2.98. The molecule has 0 aromatic heterocycles. The Kier molecular flexibility index (Phi) is 10.4. The highest BCUT2D eigenvalue weighted by Gasteiger charge is 2.23. The molecule has 0 radical (unpaired) electrons. The summed E-state index contributed by atoms with van der Waals surface area (Å²) >= 11 is 0. The van der Waals surface area contributed by atoms with Crippen molar-refractivity contribution in [2.24, 2.45) is 4.99 Å². The van der Waals surface area contributed by atoms with Gasteiger partial charge in [-0.3, -0.25) is 4.90 Å². The Balaban J connectivity index is 0.00000338. The third kappa shape index (κ3) is 7.03. The van der Waals surface area contributed by atoms with Crippen LogP contribution in [0.5, 0.6) is 11.5 Å². The van der Waals surface area contributed by atoms with Crippen molar-refractivity contribution >= 4 is 29.9 Å². The Bertz CT molecular complexity index is 573. The number of ether oxygens (including phenoxy) is 2. The Morgan fingerprint density at radius 1 is 1.31 bits per heavy atom. The maximum absolute atomic E-state index is 5.36. The number of likely N-dealkylation sites (tertiary alicyclic amines) is 1. The lowest BCUT2D eigenvalue weighted by Gasteiger charge is -2.19. The van der Waals surface area contributed by atoms with Crippen LogP contribution in [-0.4, -0.2) is 57.3 Å². The van der Waals surface area contributed by atoms with Crippen LogP contribution in [0.25, 0.3) is 0 Å². The summed E-state index contributed by atoms with van der Waals surface area (Å²) in [5.74, 6) is 2.51. The second kappa shape index (κ2) is 12.0. The molecule has 0 spiro atoms. The van der Waals surface area contributed by atoms with E-state index in [2.05, 4.69) is 46.2 Å². The van der Waals surface area contributed by atoms with E-state index in [1.807, 2.05) is 6.07 Å². The van der Waals surface area contributed by atoms with Crippen LogP contribution in [0.2, 0.25) is 0 Å². The quantitative estimate of drug-likeness (QED) is 0.263. The molecule has 1 aliphatic rings. The van der Waals surface area contributed by atoms with Gasteiger partial charge < -0.3 is 20.1 Å². The normalized spacial score (nSPS) is 17.3. The number of nitrogens with one attached hydrogen (secondary N) is 2. The van der Waals surface area contributed by atoms with E-state index < -0.39 is 0 Å². The van der Waals surface area contributed by atoms with Crippen LogP contribution < -0.4 is 20.1 Å². The van der Waals surface area contributed by atoms with Crippen LogP contribution >= 0.6 is 24.0 Å². The molecule has 1 heterocycles. The lowest BCUT2D eigenvalue weighted by atomic mass is 10.2. The van der Waals surface area contributed by atoms with Gasteiger partial charge in [0.05, 0.1) is 20.8 Å². The number of methoxy groups -OCH3 is 2. The minimum absolute atomic E-state index is 0. The van der Waals surface area contributed by atoms with Gasteiger partial charge in [0.2, 0.25) is 0 Å². The number of rotatable bonds is 8. The first-order valence-electron chi connectivity index (χ1n) is 8.78. The zero-order valence-corrected chi connectivity index (χ0v) is 18.3. The monoisotopic (exact) mass is 474 g/mol. The molecule has 1 saturated heterocycles. The van der Waals surface area contributed by atoms with Gasteiger partial charge in [0, 0.05) is 38.3 Å². The van der Waals surface area contributed by atoms with E-state index in [-0.39, 0.29) is 24.0 Å². The molecule has 2 N–H and O–H groups in total. The highest BCUT2D eigenvalue weighted by Crippen LogP contribution is 2.24. The number of guanidine groups is 1. The van der Waals surface area contributed by atoms with Crippen LogP contribution in [0.4, 0.5) is 0 Å². The largest absolute Gasteiger partial charge is 0.497 e. The molecule has 0 saturated carbocycles. The number of nitrogens with zero attached hydrogens (tertiary/aromatic N) is 2. The zero-order valence-electron chi connectivity index (χ0n) is 16.0. The molecule has 1 unspecified atom stereocenters. The van der Waals surface area contributed by atoms with Crippen LogP contribution in [-0.2, 0) is 6.54 Å². The number of benzene rings is 1.